The first-order valence-corrected chi connectivity index (χ1v) is 8.01. The maximum absolute atomic E-state index is 13.4. The second-order valence-electron chi connectivity index (χ2n) is 4.89. The molecule has 1 aromatic carbocycles. The predicted octanol–water partition coefficient (Wildman–Crippen LogP) is -0.276. The SMILES string of the molecule is NS(=O)(=O)N1CCN(CC(=O)Nc2cc(F)ccc2F)CC1. The van der Waals surface area contributed by atoms with Gasteiger partial charge in [-0.2, -0.15) is 12.7 Å². The topological polar surface area (TPSA) is 95.7 Å². The van der Waals surface area contributed by atoms with E-state index in [0.29, 0.717) is 13.1 Å². The van der Waals surface area contributed by atoms with Crippen LogP contribution in [0.3, 0.4) is 0 Å². The Bertz CT molecular complexity index is 660. The molecule has 0 spiro atoms. The monoisotopic (exact) mass is 334 g/mol. The Morgan fingerprint density at radius 2 is 1.86 bits per heavy atom. The Labute approximate surface area is 126 Å². The Morgan fingerprint density at radius 1 is 1.23 bits per heavy atom. The largest absolute Gasteiger partial charge is 0.322 e. The molecular weight excluding hydrogens is 318 g/mol. The highest BCUT2D eigenvalue weighted by atomic mass is 32.2. The number of carbonyl (C=O) groups excluding carboxylic acids is 1. The maximum atomic E-state index is 13.4. The van der Waals surface area contributed by atoms with Crippen molar-refractivity contribution in [3.05, 3.63) is 29.8 Å². The van der Waals surface area contributed by atoms with Crippen LogP contribution < -0.4 is 10.5 Å². The van der Waals surface area contributed by atoms with E-state index in [2.05, 4.69) is 5.32 Å². The van der Waals surface area contributed by atoms with Crippen LogP contribution in [0.1, 0.15) is 0 Å². The molecule has 122 valence electrons. The van der Waals surface area contributed by atoms with Gasteiger partial charge in [-0.1, -0.05) is 0 Å². The van der Waals surface area contributed by atoms with Crippen molar-refractivity contribution in [2.24, 2.45) is 5.14 Å². The lowest BCUT2D eigenvalue weighted by Crippen LogP contribution is -2.52. The molecule has 1 aliphatic heterocycles. The van der Waals surface area contributed by atoms with E-state index >= 15 is 0 Å². The molecule has 7 nitrogen and oxygen atoms in total. The normalized spacial score (nSPS) is 17.4. The van der Waals surface area contributed by atoms with Gasteiger partial charge in [0.15, 0.2) is 0 Å². The van der Waals surface area contributed by atoms with Crippen molar-refractivity contribution < 1.29 is 22.0 Å². The maximum Gasteiger partial charge on any atom is 0.276 e. The summed E-state index contributed by atoms with van der Waals surface area (Å²) in [4.78, 5) is 13.5. The molecule has 0 radical (unpaired) electrons. The number of benzene rings is 1. The average Bonchev–Trinajstić information content (AvgIpc) is 2.42. The van der Waals surface area contributed by atoms with Gasteiger partial charge in [0, 0.05) is 32.2 Å². The summed E-state index contributed by atoms with van der Waals surface area (Å²) < 4.78 is 49.8. The quantitative estimate of drug-likeness (QED) is 0.792. The van der Waals surface area contributed by atoms with E-state index in [1.54, 1.807) is 4.90 Å². The number of hydrogen-bond acceptors (Lipinski definition) is 4. The number of piperazine rings is 1. The van der Waals surface area contributed by atoms with Crippen LogP contribution >= 0.6 is 0 Å². The van der Waals surface area contributed by atoms with Crippen molar-refractivity contribution in [1.82, 2.24) is 9.21 Å². The van der Waals surface area contributed by atoms with E-state index < -0.39 is 27.8 Å². The number of halogens is 2. The fourth-order valence-corrected chi connectivity index (χ4v) is 2.80. The standard InChI is InChI=1S/C12H16F2N4O3S/c13-9-1-2-10(14)11(7-9)16-12(19)8-17-3-5-18(6-4-17)22(15,20)21/h1-2,7H,3-6,8H2,(H,16,19)(H2,15,20,21). The molecule has 1 saturated heterocycles. The molecule has 1 amide bonds. The zero-order chi connectivity index (χ0) is 16.3. The van der Waals surface area contributed by atoms with Gasteiger partial charge >= 0.3 is 0 Å². The van der Waals surface area contributed by atoms with Gasteiger partial charge in [-0.05, 0) is 12.1 Å². The lowest BCUT2D eigenvalue weighted by atomic mass is 10.3. The molecule has 0 atom stereocenters. The van der Waals surface area contributed by atoms with Crippen LogP contribution in [0.25, 0.3) is 0 Å². The average molecular weight is 334 g/mol. The van der Waals surface area contributed by atoms with E-state index in [9.17, 15) is 22.0 Å². The third-order valence-corrected chi connectivity index (χ3v) is 4.35. The molecule has 10 heteroatoms. The van der Waals surface area contributed by atoms with Gasteiger partial charge in [-0.3, -0.25) is 9.69 Å². The van der Waals surface area contributed by atoms with Gasteiger partial charge < -0.3 is 5.32 Å². The van der Waals surface area contributed by atoms with Gasteiger partial charge in [0.05, 0.1) is 12.2 Å². The van der Waals surface area contributed by atoms with Crippen molar-refractivity contribution in [3.8, 4) is 0 Å². The summed E-state index contributed by atoms with van der Waals surface area (Å²) in [6.45, 7) is 0.972. The first-order chi connectivity index (χ1) is 10.3. The van der Waals surface area contributed by atoms with Crippen LogP contribution in [0.5, 0.6) is 0 Å². The van der Waals surface area contributed by atoms with Crippen LogP contribution in [-0.4, -0.2) is 56.3 Å². The minimum Gasteiger partial charge on any atom is -0.322 e. The molecular formula is C12H16F2N4O3S. The zero-order valence-corrected chi connectivity index (χ0v) is 12.4. The number of amides is 1. The van der Waals surface area contributed by atoms with Crippen LogP contribution in [0.2, 0.25) is 0 Å². The van der Waals surface area contributed by atoms with Crippen LogP contribution in [-0.2, 0) is 15.0 Å². The van der Waals surface area contributed by atoms with E-state index in [1.807, 2.05) is 0 Å². The molecule has 22 heavy (non-hydrogen) atoms. The lowest BCUT2D eigenvalue weighted by molar-refractivity contribution is -0.117. The lowest BCUT2D eigenvalue weighted by Gasteiger charge is -2.32. The minimum atomic E-state index is -3.72. The molecule has 1 fully saturated rings. The predicted molar refractivity (Wildman–Crippen MR) is 76.1 cm³/mol. The molecule has 1 aliphatic rings. The van der Waals surface area contributed by atoms with E-state index in [1.165, 1.54) is 0 Å². The minimum absolute atomic E-state index is 0.0472. The fraction of sp³-hybridized carbons (Fsp3) is 0.417. The summed E-state index contributed by atoms with van der Waals surface area (Å²) in [5.41, 5.74) is -0.229. The van der Waals surface area contributed by atoms with Crippen molar-refractivity contribution in [2.75, 3.05) is 38.0 Å². The number of hydrogen-bond donors (Lipinski definition) is 2. The number of anilines is 1. The van der Waals surface area contributed by atoms with Crippen molar-refractivity contribution in [1.29, 1.82) is 0 Å². The first kappa shape index (κ1) is 16.7. The summed E-state index contributed by atoms with van der Waals surface area (Å²) in [5, 5.41) is 7.30. The molecule has 0 aromatic heterocycles. The smallest absolute Gasteiger partial charge is 0.276 e. The number of rotatable bonds is 4. The van der Waals surface area contributed by atoms with Gasteiger partial charge in [-0.25, -0.2) is 13.9 Å². The highest BCUT2D eigenvalue weighted by Crippen LogP contribution is 2.15. The summed E-state index contributed by atoms with van der Waals surface area (Å²) in [5.74, 6) is -1.89. The molecule has 0 bridgehead atoms. The third-order valence-electron chi connectivity index (χ3n) is 3.26. The van der Waals surface area contributed by atoms with Gasteiger partial charge in [0.1, 0.15) is 11.6 Å². The fourth-order valence-electron chi connectivity index (χ4n) is 2.13. The van der Waals surface area contributed by atoms with Crippen LogP contribution in [0.4, 0.5) is 14.5 Å². The van der Waals surface area contributed by atoms with Crippen molar-refractivity contribution in [3.63, 3.8) is 0 Å². The van der Waals surface area contributed by atoms with E-state index in [0.717, 1.165) is 22.5 Å². The molecule has 1 aromatic rings. The number of nitrogens with zero attached hydrogens (tertiary/aromatic N) is 2. The summed E-state index contributed by atoms with van der Waals surface area (Å²) in [7, 11) is -3.72. The Morgan fingerprint density at radius 3 is 2.45 bits per heavy atom. The Hall–Kier alpha value is -1.62. The number of nitrogens with two attached hydrogens (primary N) is 1. The molecule has 0 unspecified atom stereocenters. The molecule has 0 aliphatic carbocycles. The van der Waals surface area contributed by atoms with Gasteiger partial charge in [0.2, 0.25) is 5.91 Å². The van der Waals surface area contributed by atoms with Gasteiger partial charge in [0.25, 0.3) is 10.2 Å². The number of nitrogens with one attached hydrogen (secondary N) is 1. The van der Waals surface area contributed by atoms with E-state index in [4.69, 9.17) is 5.14 Å². The van der Waals surface area contributed by atoms with Crippen LogP contribution in [0.15, 0.2) is 18.2 Å². The number of carbonyl (C=O) groups is 1. The van der Waals surface area contributed by atoms with Crippen molar-refractivity contribution in [2.45, 2.75) is 0 Å². The molecule has 1 heterocycles. The summed E-state index contributed by atoms with van der Waals surface area (Å²) >= 11 is 0. The Balaban J connectivity index is 1.87. The van der Waals surface area contributed by atoms with Gasteiger partial charge in [-0.15, -0.1) is 0 Å². The van der Waals surface area contributed by atoms with Crippen LogP contribution in [0, 0.1) is 11.6 Å². The Kier molecular flexibility index (Phi) is 5.06. The second kappa shape index (κ2) is 6.65. The first-order valence-electron chi connectivity index (χ1n) is 6.51. The zero-order valence-electron chi connectivity index (χ0n) is 11.6. The summed E-state index contributed by atoms with van der Waals surface area (Å²) in [6, 6.07) is 2.78. The highest BCUT2D eigenvalue weighted by Gasteiger charge is 2.25. The molecule has 0 saturated carbocycles. The summed E-state index contributed by atoms with van der Waals surface area (Å²) in [6.07, 6.45) is 0. The highest BCUT2D eigenvalue weighted by molar-refractivity contribution is 7.86. The molecule has 3 N–H and O–H groups in total. The van der Waals surface area contributed by atoms with E-state index in [-0.39, 0.29) is 25.3 Å². The third kappa shape index (κ3) is 4.44. The molecule has 2 rings (SSSR count). The van der Waals surface area contributed by atoms with Crippen molar-refractivity contribution >= 4 is 21.8 Å². The second-order valence-corrected chi connectivity index (χ2v) is 6.44.